The minimum atomic E-state index is -4.82. The lowest BCUT2D eigenvalue weighted by molar-refractivity contribution is -0.173. The first-order chi connectivity index (χ1) is 10.4. The molecule has 1 aliphatic rings. The van der Waals surface area contributed by atoms with Crippen LogP contribution in [-0.2, 0) is 11.2 Å². The minimum Gasteiger partial charge on any atom is -0.497 e. The summed E-state index contributed by atoms with van der Waals surface area (Å²) in [5.41, 5.74) is 3.41. The van der Waals surface area contributed by atoms with Gasteiger partial charge in [0.2, 0.25) is 0 Å². The standard InChI is InChI=1S/C16H18F3NO2/c1-22-13-8-7-12-5-2-4-11(14(12)10-13)6-3-9-20-15(21)16(17,18)19/h4,7-8,10H,2-3,5-6,9H2,1H3,(H,20,21). The Morgan fingerprint density at radius 1 is 1.36 bits per heavy atom. The number of fused-ring (bicyclic) bond motifs is 1. The van der Waals surface area contributed by atoms with E-state index in [2.05, 4.69) is 6.08 Å². The molecule has 1 amide bonds. The zero-order chi connectivity index (χ0) is 16.2. The Kier molecular flexibility index (Phi) is 5.11. The summed E-state index contributed by atoms with van der Waals surface area (Å²) in [6.07, 6.45) is 0.247. The smallest absolute Gasteiger partial charge is 0.471 e. The van der Waals surface area contributed by atoms with E-state index in [4.69, 9.17) is 4.74 Å². The van der Waals surface area contributed by atoms with Crippen LogP contribution in [0.4, 0.5) is 13.2 Å². The molecule has 0 aromatic heterocycles. The molecule has 0 heterocycles. The number of halogens is 3. The van der Waals surface area contributed by atoms with Gasteiger partial charge in [0.25, 0.3) is 0 Å². The van der Waals surface area contributed by atoms with Crippen LogP contribution in [-0.4, -0.2) is 25.7 Å². The SMILES string of the molecule is COc1ccc2c(c1)C(CCCNC(=O)C(F)(F)F)=CCC2. The molecule has 0 radical (unpaired) electrons. The van der Waals surface area contributed by atoms with Crippen molar-refractivity contribution in [2.24, 2.45) is 0 Å². The molecule has 22 heavy (non-hydrogen) atoms. The lowest BCUT2D eigenvalue weighted by Gasteiger charge is -2.19. The summed E-state index contributed by atoms with van der Waals surface area (Å²) in [4.78, 5) is 10.7. The summed E-state index contributed by atoms with van der Waals surface area (Å²) in [7, 11) is 1.60. The molecule has 0 spiro atoms. The number of methoxy groups -OCH3 is 1. The molecular formula is C16H18F3NO2. The van der Waals surface area contributed by atoms with Crippen molar-refractivity contribution in [2.45, 2.75) is 31.9 Å². The third kappa shape index (κ3) is 4.02. The number of rotatable bonds is 5. The molecule has 1 N–H and O–H groups in total. The van der Waals surface area contributed by atoms with E-state index in [9.17, 15) is 18.0 Å². The van der Waals surface area contributed by atoms with Gasteiger partial charge in [0, 0.05) is 6.54 Å². The van der Waals surface area contributed by atoms with Crippen molar-refractivity contribution < 1.29 is 22.7 Å². The van der Waals surface area contributed by atoms with Crippen molar-refractivity contribution >= 4 is 11.5 Å². The highest BCUT2D eigenvalue weighted by atomic mass is 19.4. The number of ether oxygens (including phenoxy) is 1. The average molecular weight is 313 g/mol. The highest BCUT2D eigenvalue weighted by molar-refractivity contribution is 5.81. The van der Waals surface area contributed by atoms with E-state index in [1.807, 2.05) is 23.5 Å². The molecule has 1 aliphatic carbocycles. The van der Waals surface area contributed by atoms with Gasteiger partial charge in [-0.3, -0.25) is 4.79 Å². The second-order valence-corrected chi connectivity index (χ2v) is 5.15. The van der Waals surface area contributed by atoms with Crippen molar-refractivity contribution in [1.82, 2.24) is 5.32 Å². The Balaban J connectivity index is 1.92. The molecule has 0 unspecified atom stereocenters. The van der Waals surface area contributed by atoms with E-state index in [0.29, 0.717) is 12.8 Å². The van der Waals surface area contributed by atoms with E-state index in [1.54, 1.807) is 7.11 Å². The molecule has 1 aromatic rings. The second kappa shape index (κ2) is 6.85. The molecule has 3 nitrogen and oxygen atoms in total. The van der Waals surface area contributed by atoms with Gasteiger partial charge >= 0.3 is 12.1 Å². The average Bonchev–Trinajstić information content (AvgIpc) is 2.49. The minimum absolute atomic E-state index is 0.00891. The first kappa shape index (κ1) is 16.4. The lowest BCUT2D eigenvalue weighted by Crippen LogP contribution is -2.37. The topological polar surface area (TPSA) is 38.3 Å². The number of amides is 1. The quantitative estimate of drug-likeness (QED) is 0.845. The van der Waals surface area contributed by atoms with Crippen LogP contribution >= 0.6 is 0 Å². The number of alkyl halides is 3. The fourth-order valence-corrected chi connectivity index (χ4v) is 2.53. The highest BCUT2D eigenvalue weighted by Gasteiger charge is 2.38. The van der Waals surface area contributed by atoms with Crippen molar-refractivity contribution in [2.75, 3.05) is 13.7 Å². The van der Waals surface area contributed by atoms with E-state index >= 15 is 0 Å². The van der Waals surface area contributed by atoms with Crippen molar-refractivity contribution in [3.05, 3.63) is 35.4 Å². The number of allylic oxidation sites excluding steroid dienone is 2. The maximum atomic E-state index is 12.1. The van der Waals surface area contributed by atoms with Gasteiger partial charge < -0.3 is 10.1 Å². The summed E-state index contributed by atoms with van der Waals surface area (Å²) < 4.78 is 41.4. The number of benzene rings is 1. The van der Waals surface area contributed by atoms with Gasteiger partial charge in [-0.2, -0.15) is 13.2 Å². The number of carbonyl (C=O) groups excluding carboxylic acids is 1. The Morgan fingerprint density at radius 2 is 2.14 bits per heavy atom. The van der Waals surface area contributed by atoms with Gasteiger partial charge in [-0.1, -0.05) is 12.1 Å². The normalized spacial score (nSPS) is 14.1. The van der Waals surface area contributed by atoms with Crippen LogP contribution in [0, 0.1) is 0 Å². The first-order valence-electron chi connectivity index (χ1n) is 7.13. The Morgan fingerprint density at radius 3 is 2.82 bits per heavy atom. The van der Waals surface area contributed by atoms with Crippen LogP contribution in [0.5, 0.6) is 5.75 Å². The van der Waals surface area contributed by atoms with Crippen LogP contribution in [0.2, 0.25) is 0 Å². The summed E-state index contributed by atoms with van der Waals surface area (Å²) in [5, 5.41) is 1.89. The van der Waals surface area contributed by atoms with Crippen LogP contribution in [0.15, 0.2) is 24.3 Å². The number of aryl methyl sites for hydroxylation is 1. The number of hydrogen-bond acceptors (Lipinski definition) is 2. The third-order valence-corrected chi connectivity index (χ3v) is 3.63. The number of hydrogen-bond donors (Lipinski definition) is 1. The van der Waals surface area contributed by atoms with Gasteiger partial charge in [-0.15, -0.1) is 0 Å². The molecule has 1 aromatic carbocycles. The maximum absolute atomic E-state index is 12.1. The fraction of sp³-hybridized carbons (Fsp3) is 0.438. The van der Waals surface area contributed by atoms with Crippen molar-refractivity contribution in [3.63, 3.8) is 0 Å². The van der Waals surface area contributed by atoms with Crippen molar-refractivity contribution in [3.8, 4) is 5.75 Å². The van der Waals surface area contributed by atoms with Crippen LogP contribution in [0.25, 0.3) is 5.57 Å². The largest absolute Gasteiger partial charge is 0.497 e. The molecule has 120 valence electrons. The molecule has 0 fully saturated rings. The molecular weight excluding hydrogens is 295 g/mol. The van der Waals surface area contributed by atoms with E-state index in [1.165, 1.54) is 5.56 Å². The van der Waals surface area contributed by atoms with E-state index < -0.39 is 12.1 Å². The molecule has 6 heteroatoms. The van der Waals surface area contributed by atoms with E-state index in [-0.39, 0.29) is 6.54 Å². The van der Waals surface area contributed by atoms with E-state index in [0.717, 1.165) is 29.7 Å². The summed E-state index contributed by atoms with van der Waals surface area (Å²) in [6, 6.07) is 5.88. The summed E-state index contributed by atoms with van der Waals surface area (Å²) in [5.74, 6) is -1.12. The zero-order valence-electron chi connectivity index (χ0n) is 12.3. The highest BCUT2D eigenvalue weighted by Crippen LogP contribution is 2.32. The summed E-state index contributed by atoms with van der Waals surface area (Å²) in [6.45, 7) is 0.00891. The van der Waals surface area contributed by atoms with Crippen LogP contribution < -0.4 is 10.1 Å². The lowest BCUT2D eigenvalue weighted by atomic mass is 9.88. The first-order valence-corrected chi connectivity index (χ1v) is 7.13. The molecule has 0 bridgehead atoms. The predicted molar refractivity (Wildman–Crippen MR) is 77.6 cm³/mol. The molecule has 0 aliphatic heterocycles. The van der Waals surface area contributed by atoms with Crippen LogP contribution in [0.1, 0.15) is 30.4 Å². The molecule has 0 saturated carbocycles. The third-order valence-electron chi connectivity index (χ3n) is 3.63. The Bertz CT molecular complexity index is 579. The molecule has 2 rings (SSSR count). The van der Waals surface area contributed by atoms with Crippen molar-refractivity contribution in [1.29, 1.82) is 0 Å². The number of nitrogens with one attached hydrogen (secondary N) is 1. The van der Waals surface area contributed by atoms with Gasteiger partial charge in [0.05, 0.1) is 7.11 Å². The second-order valence-electron chi connectivity index (χ2n) is 5.15. The van der Waals surface area contributed by atoms with Crippen LogP contribution in [0.3, 0.4) is 0 Å². The van der Waals surface area contributed by atoms with Gasteiger partial charge in [0.15, 0.2) is 0 Å². The predicted octanol–water partition coefficient (Wildman–Crippen LogP) is 3.48. The fourth-order valence-electron chi connectivity index (χ4n) is 2.53. The monoisotopic (exact) mass is 313 g/mol. The zero-order valence-corrected chi connectivity index (χ0v) is 12.3. The molecule has 0 atom stereocenters. The van der Waals surface area contributed by atoms with Gasteiger partial charge in [0.1, 0.15) is 5.75 Å². The Hall–Kier alpha value is -1.98. The molecule has 0 saturated heterocycles. The van der Waals surface area contributed by atoms with Gasteiger partial charge in [-0.05, 0) is 54.5 Å². The maximum Gasteiger partial charge on any atom is 0.471 e. The van der Waals surface area contributed by atoms with Gasteiger partial charge in [-0.25, -0.2) is 0 Å². The number of carbonyl (C=O) groups is 1. The summed E-state index contributed by atoms with van der Waals surface area (Å²) >= 11 is 0. The Labute approximate surface area is 127 Å².